The van der Waals surface area contributed by atoms with Crippen LogP contribution in [0.2, 0.25) is 0 Å². The number of likely N-dealkylation sites (tertiary alicyclic amines) is 1. The highest BCUT2D eigenvalue weighted by Gasteiger charge is 2.25. The van der Waals surface area contributed by atoms with Gasteiger partial charge in [0.1, 0.15) is 0 Å². The summed E-state index contributed by atoms with van der Waals surface area (Å²) in [5.41, 5.74) is 0. The Hall–Kier alpha value is -0.120. The van der Waals surface area contributed by atoms with Crippen molar-refractivity contribution in [1.29, 1.82) is 0 Å². The van der Waals surface area contributed by atoms with E-state index >= 15 is 0 Å². The van der Waals surface area contributed by atoms with Crippen LogP contribution in [0, 0.1) is 11.8 Å². The summed E-state index contributed by atoms with van der Waals surface area (Å²) >= 11 is 0. The molecule has 3 nitrogen and oxygen atoms in total. The highest BCUT2D eigenvalue weighted by atomic mass is 15.2. The van der Waals surface area contributed by atoms with Crippen LogP contribution < -0.4 is 5.32 Å². The van der Waals surface area contributed by atoms with E-state index in [4.69, 9.17) is 0 Å². The van der Waals surface area contributed by atoms with E-state index in [-0.39, 0.29) is 0 Å². The molecule has 0 aromatic carbocycles. The van der Waals surface area contributed by atoms with Crippen LogP contribution in [0.15, 0.2) is 0 Å². The average Bonchev–Trinajstić information content (AvgIpc) is 2.38. The number of nitrogens with zero attached hydrogens (tertiary/aromatic N) is 2. The summed E-state index contributed by atoms with van der Waals surface area (Å²) in [5, 5.41) is 3.56. The number of nitrogens with one attached hydrogen (secondary N) is 1. The van der Waals surface area contributed by atoms with Gasteiger partial charge in [0.05, 0.1) is 0 Å². The normalized spacial score (nSPS) is 21.8. The van der Waals surface area contributed by atoms with Crippen molar-refractivity contribution in [3.63, 3.8) is 0 Å². The third kappa shape index (κ3) is 6.24. The fourth-order valence-electron chi connectivity index (χ4n) is 3.10. The number of piperidine rings is 1. The van der Waals surface area contributed by atoms with E-state index < -0.39 is 0 Å². The van der Waals surface area contributed by atoms with Crippen LogP contribution in [0.4, 0.5) is 0 Å². The summed E-state index contributed by atoms with van der Waals surface area (Å²) in [4.78, 5) is 5.03. The topological polar surface area (TPSA) is 18.5 Å². The molecule has 0 bridgehead atoms. The minimum Gasteiger partial charge on any atom is -0.316 e. The average molecular weight is 269 g/mol. The molecule has 3 heteroatoms. The molecule has 0 aromatic rings. The van der Waals surface area contributed by atoms with Crippen molar-refractivity contribution in [2.45, 2.75) is 46.1 Å². The van der Waals surface area contributed by atoms with E-state index in [1.54, 1.807) is 0 Å². The highest BCUT2D eigenvalue weighted by Crippen LogP contribution is 2.22. The quantitative estimate of drug-likeness (QED) is 0.682. The molecule has 1 fully saturated rings. The molecule has 1 aliphatic heterocycles. The zero-order chi connectivity index (χ0) is 14.3. The van der Waals surface area contributed by atoms with Crippen molar-refractivity contribution in [3.8, 4) is 0 Å². The van der Waals surface area contributed by atoms with Crippen molar-refractivity contribution in [2.24, 2.45) is 11.8 Å². The lowest BCUT2D eigenvalue weighted by atomic mass is 9.93. The van der Waals surface area contributed by atoms with Crippen LogP contribution in [-0.4, -0.2) is 62.7 Å². The Morgan fingerprint density at radius 3 is 2.37 bits per heavy atom. The van der Waals surface area contributed by atoms with Gasteiger partial charge in [-0.25, -0.2) is 0 Å². The molecule has 0 aromatic heterocycles. The third-order valence-corrected chi connectivity index (χ3v) is 4.57. The Morgan fingerprint density at radius 2 is 1.84 bits per heavy atom. The summed E-state index contributed by atoms with van der Waals surface area (Å²) in [5.74, 6) is 1.66. The van der Waals surface area contributed by atoms with Gasteiger partial charge in [-0.1, -0.05) is 13.8 Å². The highest BCUT2D eigenvalue weighted by molar-refractivity contribution is 4.80. The van der Waals surface area contributed by atoms with Gasteiger partial charge in [-0.3, -0.25) is 0 Å². The predicted octanol–water partition coefficient (Wildman–Crippen LogP) is 2.28. The lowest BCUT2D eigenvalue weighted by molar-refractivity contribution is 0.0999. The van der Waals surface area contributed by atoms with Crippen molar-refractivity contribution in [2.75, 3.05) is 46.8 Å². The van der Waals surface area contributed by atoms with E-state index in [2.05, 4.69) is 50.0 Å². The molecule has 0 saturated carbocycles. The van der Waals surface area contributed by atoms with Crippen LogP contribution in [0.1, 0.15) is 40.0 Å². The first kappa shape index (κ1) is 16.9. The molecule has 1 saturated heterocycles. The third-order valence-electron chi connectivity index (χ3n) is 4.57. The summed E-state index contributed by atoms with van der Waals surface area (Å²) in [6, 6.07) is 0.713. The Bertz CT molecular complexity index is 222. The van der Waals surface area contributed by atoms with Crippen LogP contribution >= 0.6 is 0 Å². The van der Waals surface area contributed by atoms with Gasteiger partial charge in [0.15, 0.2) is 0 Å². The van der Waals surface area contributed by atoms with Crippen molar-refractivity contribution < 1.29 is 0 Å². The summed E-state index contributed by atoms with van der Waals surface area (Å²) in [7, 11) is 4.38. The van der Waals surface area contributed by atoms with E-state index in [1.165, 1.54) is 38.9 Å². The maximum atomic E-state index is 3.56. The second-order valence-corrected chi connectivity index (χ2v) is 6.66. The smallest absolute Gasteiger partial charge is 0.0105 e. The minimum absolute atomic E-state index is 0.713. The Labute approximate surface area is 120 Å². The Kier molecular flexibility index (Phi) is 7.96. The minimum atomic E-state index is 0.713. The molecular weight excluding hydrogens is 234 g/mol. The Balaban J connectivity index is 2.25. The number of hydrogen-bond donors (Lipinski definition) is 1. The van der Waals surface area contributed by atoms with E-state index in [0.717, 1.165) is 24.9 Å². The van der Waals surface area contributed by atoms with E-state index in [0.29, 0.717) is 6.04 Å². The van der Waals surface area contributed by atoms with Crippen molar-refractivity contribution >= 4 is 0 Å². The van der Waals surface area contributed by atoms with Gasteiger partial charge in [-0.15, -0.1) is 0 Å². The maximum Gasteiger partial charge on any atom is 0.0105 e. The molecule has 114 valence electrons. The first-order chi connectivity index (χ1) is 9.04. The molecule has 1 rings (SSSR count). The monoisotopic (exact) mass is 269 g/mol. The molecule has 0 aliphatic carbocycles. The zero-order valence-electron chi connectivity index (χ0n) is 13.8. The molecule has 0 spiro atoms. The number of hydrogen-bond acceptors (Lipinski definition) is 3. The maximum absolute atomic E-state index is 3.56. The summed E-state index contributed by atoms with van der Waals surface area (Å²) < 4.78 is 0. The second kappa shape index (κ2) is 8.93. The van der Waals surface area contributed by atoms with Crippen molar-refractivity contribution in [1.82, 2.24) is 15.1 Å². The van der Waals surface area contributed by atoms with Gasteiger partial charge in [-0.2, -0.15) is 0 Å². The molecule has 1 N–H and O–H groups in total. The predicted molar refractivity (Wildman–Crippen MR) is 84.6 cm³/mol. The molecule has 1 heterocycles. The van der Waals surface area contributed by atoms with Crippen LogP contribution in [0.3, 0.4) is 0 Å². The molecule has 0 amide bonds. The molecule has 19 heavy (non-hydrogen) atoms. The van der Waals surface area contributed by atoms with Crippen molar-refractivity contribution in [3.05, 3.63) is 0 Å². The standard InChI is InChI=1S/C16H35N3/c1-6-9-17-12-14(2)15(3)19-10-7-16(8-11-19)13-18(4)5/h14-17H,6-13H2,1-5H3. The second-order valence-electron chi connectivity index (χ2n) is 6.66. The number of rotatable bonds is 8. The van der Waals surface area contributed by atoms with Gasteiger partial charge in [0.2, 0.25) is 0 Å². The fraction of sp³-hybridized carbons (Fsp3) is 1.00. The first-order valence-electron chi connectivity index (χ1n) is 8.14. The molecule has 2 unspecified atom stereocenters. The van der Waals surface area contributed by atoms with Crippen LogP contribution in [-0.2, 0) is 0 Å². The SMILES string of the molecule is CCCNCC(C)C(C)N1CCC(CN(C)C)CC1. The summed E-state index contributed by atoms with van der Waals surface area (Å²) in [6.07, 6.45) is 3.98. The van der Waals surface area contributed by atoms with E-state index in [1.807, 2.05) is 0 Å². The van der Waals surface area contributed by atoms with Crippen LogP contribution in [0.25, 0.3) is 0 Å². The van der Waals surface area contributed by atoms with Gasteiger partial charge in [0, 0.05) is 12.6 Å². The van der Waals surface area contributed by atoms with Gasteiger partial charge < -0.3 is 15.1 Å². The lowest BCUT2D eigenvalue weighted by Gasteiger charge is -2.39. The van der Waals surface area contributed by atoms with Gasteiger partial charge in [0.25, 0.3) is 0 Å². The first-order valence-corrected chi connectivity index (χ1v) is 8.14. The van der Waals surface area contributed by atoms with Crippen LogP contribution in [0.5, 0.6) is 0 Å². The largest absolute Gasteiger partial charge is 0.316 e. The fourth-order valence-corrected chi connectivity index (χ4v) is 3.10. The van der Waals surface area contributed by atoms with E-state index in [9.17, 15) is 0 Å². The molecule has 1 aliphatic rings. The molecule has 0 radical (unpaired) electrons. The molecule has 2 atom stereocenters. The molecular formula is C16H35N3. The Morgan fingerprint density at radius 1 is 1.21 bits per heavy atom. The van der Waals surface area contributed by atoms with Gasteiger partial charge >= 0.3 is 0 Å². The van der Waals surface area contributed by atoms with Gasteiger partial charge in [-0.05, 0) is 78.3 Å². The lowest BCUT2D eigenvalue weighted by Crippen LogP contribution is -2.46. The summed E-state index contributed by atoms with van der Waals surface area (Å²) in [6.45, 7) is 13.2. The zero-order valence-corrected chi connectivity index (χ0v) is 13.8.